The lowest BCUT2D eigenvalue weighted by Gasteiger charge is -2.33. The maximum atomic E-state index is 13.5. The molecule has 1 aromatic rings. The molecular weight excluding hydrogens is 274 g/mol. The summed E-state index contributed by atoms with van der Waals surface area (Å²) in [5.74, 6) is -2.49. The average Bonchev–Trinajstić information content (AvgIpc) is 2.70. The van der Waals surface area contributed by atoms with E-state index in [2.05, 4.69) is 5.32 Å². The molecule has 0 aromatic heterocycles. The normalized spacial score (nSPS) is 19.8. The van der Waals surface area contributed by atoms with Crippen molar-refractivity contribution >= 4 is 5.91 Å². The van der Waals surface area contributed by atoms with E-state index in [1.165, 1.54) is 18.9 Å². The van der Waals surface area contributed by atoms with Gasteiger partial charge in [0.1, 0.15) is 5.54 Å². The Hall–Kier alpha value is -1.49. The van der Waals surface area contributed by atoms with Crippen molar-refractivity contribution < 1.29 is 13.6 Å². The Morgan fingerprint density at radius 2 is 1.81 bits per heavy atom. The number of halogens is 2. The lowest BCUT2D eigenvalue weighted by molar-refractivity contribution is -0.124. The maximum absolute atomic E-state index is 13.5. The second-order valence-corrected chi connectivity index (χ2v) is 5.95. The quantitative estimate of drug-likeness (QED) is 0.839. The minimum atomic E-state index is -1.19. The molecule has 1 amide bonds. The minimum absolute atomic E-state index is 0.165. The zero-order valence-electron chi connectivity index (χ0n) is 12.3. The first-order valence-electron chi connectivity index (χ1n) is 7.46. The van der Waals surface area contributed by atoms with Gasteiger partial charge in [-0.3, -0.25) is 10.1 Å². The van der Waals surface area contributed by atoms with Crippen LogP contribution in [0.4, 0.5) is 8.78 Å². The molecular formula is C16H22F2N2O. The molecule has 1 aliphatic carbocycles. The fraction of sp³-hybridized carbons (Fsp3) is 0.562. The van der Waals surface area contributed by atoms with Gasteiger partial charge in [-0.2, -0.15) is 0 Å². The van der Waals surface area contributed by atoms with Gasteiger partial charge in [-0.25, -0.2) is 8.78 Å². The van der Waals surface area contributed by atoms with Gasteiger partial charge < -0.3 is 5.73 Å². The van der Waals surface area contributed by atoms with Gasteiger partial charge in [0.15, 0.2) is 11.6 Å². The van der Waals surface area contributed by atoms with Crippen LogP contribution >= 0.6 is 0 Å². The number of carbonyl (C=O) groups is 1. The summed E-state index contributed by atoms with van der Waals surface area (Å²) in [4.78, 5) is 11.9. The third kappa shape index (κ3) is 3.59. The molecule has 0 bridgehead atoms. The molecule has 5 heteroatoms. The molecule has 1 aliphatic rings. The summed E-state index contributed by atoms with van der Waals surface area (Å²) < 4.78 is 26.6. The van der Waals surface area contributed by atoms with E-state index in [1.807, 2.05) is 0 Å². The van der Waals surface area contributed by atoms with Crippen LogP contribution in [-0.2, 0) is 10.3 Å². The summed E-state index contributed by atoms with van der Waals surface area (Å²) >= 11 is 0. The predicted molar refractivity (Wildman–Crippen MR) is 77.5 cm³/mol. The highest BCUT2D eigenvalue weighted by Crippen LogP contribution is 2.26. The Balaban J connectivity index is 2.26. The highest BCUT2D eigenvalue weighted by atomic mass is 19.2. The van der Waals surface area contributed by atoms with Gasteiger partial charge in [-0.1, -0.05) is 31.7 Å². The molecule has 0 heterocycles. The van der Waals surface area contributed by atoms with Crippen molar-refractivity contribution in [2.24, 2.45) is 5.73 Å². The zero-order valence-corrected chi connectivity index (χ0v) is 12.3. The van der Waals surface area contributed by atoms with Gasteiger partial charge in [0.05, 0.1) is 0 Å². The fourth-order valence-electron chi connectivity index (χ4n) is 2.94. The third-order valence-electron chi connectivity index (χ3n) is 4.34. The van der Waals surface area contributed by atoms with E-state index < -0.39 is 23.1 Å². The number of nitrogens with one attached hydrogen (secondary N) is 1. The number of hydrogen-bond acceptors (Lipinski definition) is 2. The van der Waals surface area contributed by atoms with Crippen molar-refractivity contribution in [2.45, 2.75) is 57.0 Å². The monoisotopic (exact) mass is 296 g/mol. The van der Waals surface area contributed by atoms with Crippen molar-refractivity contribution in [2.75, 3.05) is 0 Å². The smallest absolute Gasteiger partial charge is 0.242 e. The molecule has 0 aliphatic heterocycles. The molecule has 3 nitrogen and oxygen atoms in total. The largest absolute Gasteiger partial charge is 0.368 e. The molecule has 1 aromatic carbocycles. The Morgan fingerprint density at radius 3 is 2.33 bits per heavy atom. The lowest BCUT2D eigenvalue weighted by atomic mass is 9.89. The van der Waals surface area contributed by atoms with E-state index in [1.54, 1.807) is 6.92 Å². The minimum Gasteiger partial charge on any atom is -0.368 e. The van der Waals surface area contributed by atoms with Crippen LogP contribution in [0.1, 0.15) is 51.0 Å². The molecule has 1 fully saturated rings. The van der Waals surface area contributed by atoms with Crippen LogP contribution in [0.3, 0.4) is 0 Å². The van der Waals surface area contributed by atoms with E-state index in [9.17, 15) is 13.6 Å². The van der Waals surface area contributed by atoms with Crippen molar-refractivity contribution in [3.8, 4) is 0 Å². The van der Waals surface area contributed by atoms with E-state index in [0.717, 1.165) is 37.8 Å². The van der Waals surface area contributed by atoms with Gasteiger partial charge in [-0.05, 0) is 37.5 Å². The summed E-state index contributed by atoms with van der Waals surface area (Å²) in [7, 11) is 0. The average molecular weight is 296 g/mol. The number of primary amides is 1. The van der Waals surface area contributed by atoms with Crippen LogP contribution < -0.4 is 11.1 Å². The van der Waals surface area contributed by atoms with E-state index >= 15 is 0 Å². The summed E-state index contributed by atoms with van der Waals surface area (Å²) in [6.07, 6.45) is 6.51. The van der Waals surface area contributed by atoms with E-state index in [4.69, 9.17) is 5.73 Å². The van der Waals surface area contributed by atoms with Crippen LogP contribution in [0.5, 0.6) is 0 Å². The molecule has 2 rings (SSSR count). The maximum Gasteiger partial charge on any atom is 0.242 e. The van der Waals surface area contributed by atoms with Gasteiger partial charge in [-0.15, -0.1) is 0 Å². The molecule has 1 unspecified atom stereocenters. The number of rotatable bonds is 4. The molecule has 0 spiro atoms. The number of hydrogen-bond donors (Lipinski definition) is 2. The standard InChI is InChI=1S/C16H22F2N2O/c1-16(15(19)21,11-8-9-13(17)14(18)10-11)20-12-6-4-2-3-5-7-12/h8-10,12,20H,2-7H2,1H3,(H2,19,21). The van der Waals surface area contributed by atoms with Crippen LogP contribution in [0.25, 0.3) is 0 Å². The first-order valence-corrected chi connectivity index (χ1v) is 7.46. The predicted octanol–water partition coefficient (Wildman–Crippen LogP) is 2.98. The van der Waals surface area contributed by atoms with Gasteiger partial charge in [0.2, 0.25) is 5.91 Å². The first-order chi connectivity index (χ1) is 9.93. The molecule has 1 atom stereocenters. The second kappa shape index (κ2) is 6.52. The Morgan fingerprint density at radius 1 is 1.19 bits per heavy atom. The van der Waals surface area contributed by atoms with Crippen LogP contribution in [-0.4, -0.2) is 11.9 Å². The second-order valence-electron chi connectivity index (χ2n) is 5.95. The van der Waals surface area contributed by atoms with Crippen molar-refractivity contribution in [1.82, 2.24) is 5.32 Å². The number of nitrogens with two attached hydrogens (primary N) is 1. The SMILES string of the molecule is CC(NC1CCCCCC1)(C(N)=O)c1ccc(F)c(F)c1. The lowest BCUT2D eigenvalue weighted by Crippen LogP contribution is -2.54. The number of amides is 1. The molecule has 0 saturated heterocycles. The highest BCUT2D eigenvalue weighted by Gasteiger charge is 2.36. The number of benzene rings is 1. The van der Waals surface area contributed by atoms with Gasteiger partial charge in [0, 0.05) is 6.04 Å². The highest BCUT2D eigenvalue weighted by molar-refractivity contribution is 5.85. The summed E-state index contributed by atoms with van der Waals surface area (Å²) in [5, 5.41) is 3.27. The van der Waals surface area contributed by atoms with Gasteiger partial charge >= 0.3 is 0 Å². The van der Waals surface area contributed by atoms with Crippen molar-refractivity contribution in [1.29, 1.82) is 0 Å². The number of carbonyl (C=O) groups excluding carboxylic acids is 1. The van der Waals surface area contributed by atoms with Crippen molar-refractivity contribution in [3.63, 3.8) is 0 Å². The molecule has 21 heavy (non-hydrogen) atoms. The Labute approximate surface area is 123 Å². The van der Waals surface area contributed by atoms with Crippen LogP contribution in [0.2, 0.25) is 0 Å². The summed E-state index contributed by atoms with van der Waals surface area (Å²) in [6.45, 7) is 1.63. The summed E-state index contributed by atoms with van der Waals surface area (Å²) in [6, 6.07) is 3.65. The Bertz CT molecular complexity index is 513. The molecule has 1 saturated carbocycles. The zero-order chi connectivity index (χ0) is 15.5. The Kier molecular flexibility index (Phi) is 4.93. The van der Waals surface area contributed by atoms with E-state index in [-0.39, 0.29) is 6.04 Å². The van der Waals surface area contributed by atoms with Crippen LogP contribution in [0, 0.1) is 11.6 Å². The van der Waals surface area contributed by atoms with Gasteiger partial charge in [0.25, 0.3) is 0 Å². The van der Waals surface area contributed by atoms with Crippen molar-refractivity contribution in [3.05, 3.63) is 35.4 Å². The topological polar surface area (TPSA) is 55.1 Å². The third-order valence-corrected chi connectivity index (χ3v) is 4.34. The summed E-state index contributed by atoms with van der Waals surface area (Å²) in [5.41, 5.74) is 4.70. The van der Waals surface area contributed by atoms with Crippen LogP contribution in [0.15, 0.2) is 18.2 Å². The first kappa shape index (κ1) is 15.9. The molecule has 116 valence electrons. The van der Waals surface area contributed by atoms with E-state index in [0.29, 0.717) is 5.56 Å². The molecule has 3 N–H and O–H groups in total. The fourth-order valence-corrected chi connectivity index (χ4v) is 2.94. The molecule has 0 radical (unpaired) electrons.